The van der Waals surface area contributed by atoms with Crippen LogP contribution in [0.15, 0.2) is 0 Å². The van der Waals surface area contributed by atoms with Crippen molar-refractivity contribution in [2.24, 2.45) is 23.7 Å². The van der Waals surface area contributed by atoms with Crippen LogP contribution in [0.3, 0.4) is 0 Å². The van der Waals surface area contributed by atoms with Gasteiger partial charge in [0.15, 0.2) is 0 Å². The third-order valence-electron chi connectivity index (χ3n) is 6.16. The average molecular weight is 344 g/mol. The molecule has 4 atom stereocenters. The van der Waals surface area contributed by atoms with E-state index in [-0.39, 0.29) is 44.0 Å². The normalized spacial score (nSPS) is 34.5. The van der Waals surface area contributed by atoms with Crippen molar-refractivity contribution >= 4 is 0 Å². The number of hydrogen-bond donors (Lipinski definition) is 1. The number of fused-ring (bicyclic) bond motifs is 1. The topological polar surface area (TPSA) is 23.5 Å². The fraction of sp³-hybridized carbons (Fsp3) is 0.842. The summed E-state index contributed by atoms with van der Waals surface area (Å²) < 4.78 is 0. The van der Waals surface area contributed by atoms with Crippen LogP contribution in [0.2, 0.25) is 0 Å². The SMILES string of the molecule is CN(O)C1CCCC2CCCC(C3CCCC3)C21.[CH3-].[CH3-].[CH3-].[Ti+4]. The van der Waals surface area contributed by atoms with Crippen molar-refractivity contribution in [3.8, 4) is 0 Å². The predicted molar refractivity (Wildman–Crippen MR) is 92.7 cm³/mol. The maximum Gasteiger partial charge on any atom is 4.00 e. The van der Waals surface area contributed by atoms with Gasteiger partial charge in [0.05, 0.1) is 0 Å². The Kier molecular flexibility index (Phi) is 12.7. The van der Waals surface area contributed by atoms with Crippen molar-refractivity contribution in [1.82, 2.24) is 5.06 Å². The van der Waals surface area contributed by atoms with Crippen molar-refractivity contribution < 1.29 is 26.9 Å². The molecule has 0 saturated heterocycles. The summed E-state index contributed by atoms with van der Waals surface area (Å²) in [6, 6.07) is 0.453. The Morgan fingerprint density at radius 1 is 0.727 bits per heavy atom. The quantitative estimate of drug-likeness (QED) is 0.410. The van der Waals surface area contributed by atoms with Crippen molar-refractivity contribution in [2.45, 2.75) is 70.3 Å². The summed E-state index contributed by atoms with van der Waals surface area (Å²) in [6.07, 6.45) is 14.1. The summed E-state index contributed by atoms with van der Waals surface area (Å²) in [5.41, 5.74) is 0. The Bertz CT molecular complexity index is 277. The second-order valence-corrected chi connectivity index (χ2v) is 7.05. The van der Waals surface area contributed by atoms with Crippen molar-refractivity contribution in [3.63, 3.8) is 0 Å². The molecule has 0 aromatic carbocycles. The molecule has 1 N–H and O–H groups in total. The number of nitrogens with zero attached hydrogens (tertiary/aromatic N) is 1. The Hall–Kier alpha value is 0.634. The molecule has 3 heteroatoms. The maximum atomic E-state index is 10.0. The first-order valence-corrected chi connectivity index (χ1v) is 8.19. The van der Waals surface area contributed by atoms with Crippen LogP contribution in [0, 0.1) is 46.0 Å². The monoisotopic (exact) mass is 344 g/mol. The van der Waals surface area contributed by atoms with Crippen LogP contribution in [0.4, 0.5) is 0 Å². The molecule has 3 aliphatic carbocycles. The number of rotatable bonds is 2. The van der Waals surface area contributed by atoms with E-state index in [4.69, 9.17) is 0 Å². The molecule has 128 valence electrons. The molecule has 0 aliphatic heterocycles. The fourth-order valence-electron chi connectivity index (χ4n) is 5.44. The molecule has 0 spiro atoms. The summed E-state index contributed by atoms with van der Waals surface area (Å²) in [7, 11) is 1.88. The van der Waals surface area contributed by atoms with E-state index >= 15 is 0 Å². The summed E-state index contributed by atoms with van der Waals surface area (Å²) in [5.74, 6) is 3.62. The minimum atomic E-state index is 0. The first-order chi connectivity index (χ1) is 8.77. The van der Waals surface area contributed by atoms with Gasteiger partial charge in [-0.15, -0.1) is 0 Å². The Morgan fingerprint density at radius 2 is 1.23 bits per heavy atom. The van der Waals surface area contributed by atoms with Gasteiger partial charge in [-0.05, 0) is 36.5 Å². The molecule has 3 fully saturated rings. The van der Waals surface area contributed by atoms with E-state index in [9.17, 15) is 5.21 Å². The van der Waals surface area contributed by atoms with E-state index in [1.807, 2.05) is 7.05 Å². The second-order valence-electron chi connectivity index (χ2n) is 7.05. The van der Waals surface area contributed by atoms with Crippen molar-refractivity contribution in [3.05, 3.63) is 22.3 Å². The van der Waals surface area contributed by atoms with Gasteiger partial charge in [0.25, 0.3) is 0 Å². The van der Waals surface area contributed by atoms with Crippen LogP contribution in [-0.4, -0.2) is 23.4 Å². The van der Waals surface area contributed by atoms with Gasteiger partial charge in [-0.3, -0.25) is 0 Å². The molecule has 0 heterocycles. The van der Waals surface area contributed by atoms with Gasteiger partial charge >= 0.3 is 21.7 Å². The second kappa shape index (κ2) is 11.2. The van der Waals surface area contributed by atoms with E-state index in [0.29, 0.717) is 6.04 Å². The van der Waals surface area contributed by atoms with Crippen LogP contribution < -0.4 is 0 Å². The van der Waals surface area contributed by atoms with E-state index in [1.165, 1.54) is 64.2 Å². The molecule has 4 unspecified atom stereocenters. The Labute approximate surface area is 155 Å². The average Bonchev–Trinajstić information content (AvgIpc) is 2.91. The zero-order valence-corrected chi connectivity index (χ0v) is 16.9. The van der Waals surface area contributed by atoms with E-state index in [1.54, 1.807) is 5.06 Å². The Morgan fingerprint density at radius 3 is 1.77 bits per heavy atom. The fourth-order valence-corrected chi connectivity index (χ4v) is 5.44. The zero-order chi connectivity index (χ0) is 12.5. The van der Waals surface area contributed by atoms with Crippen molar-refractivity contribution in [1.29, 1.82) is 0 Å². The molecule has 3 aliphatic rings. The first-order valence-electron chi connectivity index (χ1n) is 8.19. The molecular weight excluding hydrogens is 306 g/mol. The minimum absolute atomic E-state index is 0. The van der Waals surface area contributed by atoms with Gasteiger partial charge in [0.1, 0.15) is 0 Å². The molecule has 3 rings (SSSR count). The third kappa shape index (κ3) is 5.06. The Balaban J connectivity index is 0. The zero-order valence-electron chi connectivity index (χ0n) is 15.4. The predicted octanol–water partition coefficient (Wildman–Crippen LogP) is 5.43. The third-order valence-corrected chi connectivity index (χ3v) is 6.16. The van der Waals surface area contributed by atoms with Gasteiger partial charge in [0, 0.05) is 13.1 Å². The van der Waals surface area contributed by atoms with Gasteiger partial charge in [-0.25, -0.2) is 0 Å². The molecule has 0 radical (unpaired) electrons. The summed E-state index contributed by atoms with van der Waals surface area (Å²) >= 11 is 0. The largest absolute Gasteiger partial charge is 4.00 e. The standard InChI is InChI=1S/C16H29NO.3CH3.Ti/c1-17(18)15-11-5-9-13-8-4-10-14(16(13)15)12-6-2-3-7-12;;;;/h12-16,18H,2-11H2,1H3;3*1H3;/q;3*-1;+4. The van der Waals surface area contributed by atoms with Crippen LogP contribution >= 0.6 is 0 Å². The summed E-state index contributed by atoms with van der Waals surface area (Å²) in [6.45, 7) is 0. The van der Waals surface area contributed by atoms with E-state index in [0.717, 1.165) is 23.7 Å². The van der Waals surface area contributed by atoms with E-state index < -0.39 is 0 Å². The maximum absolute atomic E-state index is 10.0. The van der Waals surface area contributed by atoms with Gasteiger partial charge in [-0.1, -0.05) is 51.4 Å². The minimum Gasteiger partial charge on any atom is -0.358 e. The molecule has 3 saturated carbocycles. The van der Waals surface area contributed by atoms with Crippen molar-refractivity contribution in [2.75, 3.05) is 7.05 Å². The van der Waals surface area contributed by atoms with E-state index in [2.05, 4.69) is 0 Å². The molecule has 0 amide bonds. The molecule has 0 aromatic heterocycles. The van der Waals surface area contributed by atoms with Crippen LogP contribution in [0.25, 0.3) is 0 Å². The molecule has 22 heavy (non-hydrogen) atoms. The first kappa shape index (κ1) is 24.9. The molecule has 0 aromatic rings. The number of hydroxylamine groups is 2. The summed E-state index contributed by atoms with van der Waals surface area (Å²) in [5, 5.41) is 11.6. The van der Waals surface area contributed by atoms with Crippen LogP contribution in [-0.2, 0) is 21.7 Å². The van der Waals surface area contributed by atoms with Gasteiger partial charge < -0.3 is 27.5 Å². The summed E-state index contributed by atoms with van der Waals surface area (Å²) in [4.78, 5) is 0. The van der Waals surface area contributed by atoms with Crippen LogP contribution in [0.5, 0.6) is 0 Å². The molecule has 0 bridgehead atoms. The number of hydrogen-bond acceptors (Lipinski definition) is 2. The van der Waals surface area contributed by atoms with Crippen LogP contribution in [0.1, 0.15) is 64.2 Å². The van der Waals surface area contributed by atoms with Gasteiger partial charge in [-0.2, -0.15) is 5.06 Å². The van der Waals surface area contributed by atoms with Gasteiger partial charge in [0.2, 0.25) is 0 Å². The molecule has 2 nitrogen and oxygen atoms in total. The molecular formula is C19H38NOTi+. The smallest absolute Gasteiger partial charge is 0.358 e.